The molecule has 4 aromatic rings. The van der Waals surface area contributed by atoms with Crippen LogP contribution in [0.25, 0.3) is 22.5 Å². The van der Waals surface area contributed by atoms with Crippen LogP contribution in [-0.4, -0.2) is 28.8 Å². The first kappa shape index (κ1) is 19.1. The SMILES string of the molecule is COc1ccc(-c2ccc(NCCc3ccc(-c4csc(C)n4)cc3)nn2)cc1. The van der Waals surface area contributed by atoms with Gasteiger partial charge in [0.05, 0.1) is 23.5 Å². The molecular weight excluding hydrogens is 380 g/mol. The lowest BCUT2D eigenvalue weighted by atomic mass is 10.1. The Morgan fingerprint density at radius 3 is 2.21 bits per heavy atom. The van der Waals surface area contributed by atoms with Gasteiger partial charge in [-0.1, -0.05) is 24.3 Å². The molecule has 2 aromatic carbocycles. The molecule has 0 unspecified atom stereocenters. The number of benzene rings is 2. The Labute approximate surface area is 174 Å². The minimum Gasteiger partial charge on any atom is -0.497 e. The summed E-state index contributed by atoms with van der Waals surface area (Å²) in [7, 11) is 1.66. The van der Waals surface area contributed by atoms with Crippen LogP contribution in [-0.2, 0) is 6.42 Å². The van der Waals surface area contributed by atoms with Crippen molar-refractivity contribution in [2.24, 2.45) is 0 Å². The number of rotatable bonds is 7. The normalized spacial score (nSPS) is 10.7. The number of nitrogens with zero attached hydrogens (tertiary/aromatic N) is 3. The topological polar surface area (TPSA) is 59.9 Å². The maximum absolute atomic E-state index is 5.19. The van der Waals surface area contributed by atoms with Gasteiger partial charge in [0, 0.05) is 23.1 Å². The summed E-state index contributed by atoms with van der Waals surface area (Å²) < 4.78 is 5.19. The van der Waals surface area contributed by atoms with Gasteiger partial charge in [-0.3, -0.25) is 0 Å². The fraction of sp³-hybridized carbons (Fsp3) is 0.174. The van der Waals surface area contributed by atoms with E-state index in [2.05, 4.69) is 50.1 Å². The van der Waals surface area contributed by atoms with Crippen molar-refractivity contribution in [1.82, 2.24) is 15.2 Å². The largest absolute Gasteiger partial charge is 0.497 e. The van der Waals surface area contributed by atoms with E-state index in [9.17, 15) is 0 Å². The van der Waals surface area contributed by atoms with Gasteiger partial charge in [-0.15, -0.1) is 21.5 Å². The third-order valence-electron chi connectivity index (χ3n) is 4.64. The Kier molecular flexibility index (Phi) is 5.81. The number of aromatic nitrogens is 3. The fourth-order valence-corrected chi connectivity index (χ4v) is 3.64. The van der Waals surface area contributed by atoms with Crippen LogP contribution < -0.4 is 10.1 Å². The van der Waals surface area contributed by atoms with E-state index >= 15 is 0 Å². The summed E-state index contributed by atoms with van der Waals surface area (Å²) in [4.78, 5) is 4.53. The summed E-state index contributed by atoms with van der Waals surface area (Å²) in [6, 6.07) is 20.3. The zero-order valence-corrected chi connectivity index (χ0v) is 17.2. The smallest absolute Gasteiger partial charge is 0.148 e. The molecule has 1 N–H and O–H groups in total. The average molecular weight is 403 g/mol. The minimum atomic E-state index is 0.775. The number of anilines is 1. The van der Waals surface area contributed by atoms with Gasteiger partial charge in [-0.25, -0.2) is 4.98 Å². The van der Waals surface area contributed by atoms with Crippen LogP contribution in [0.15, 0.2) is 66.0 Å². The number of ether oxygens (including phenoxy) is 1. The number of hydrogen-bond donors (Lipinski definition) is 1. The Morgan fingerprint density at radius 2 is 1.59 bits per heavy atom. The van der Waals surface area contributed by atoms with Crippen LogP contribution in [0.2, 0.25) is 0 Å². The Balaban J connectivity index is 1.31. The average Bonchev–Trinajstić information content (AvgIpc) is 3.21. The lowest BCUT2D eigenvalue weighted by Gasteiger charge is -2.07. The molecule has 4 rings (SSSR count). The lowest BCUT2D eigenvalue weighted by Crippen LogP contribution is -2.07. The van der Waals surface area contributed by atoms with E-state index in [1.54, 1.807) is 18.4 Å². The molecule has 0 bridgehead atoms. The summed E-state index contributed by atoms with van der Waals surface area (Å²) in [5, 5.41) is 15.1. The zero-order chi connectivity index (χ0) is 20.1. The molecule has 146 valence electrons. The number of thiazole rings is 1. The van der Waals surface area contributed by atoms with E-state index in [4.69, 9.17) is 4.74 Å². The minimum absolute atomic E-state index is 0.775. The van der Waals surface area contributed by atoms with Crippen LogP contribution in [0.4, 0.5) is 5.82 Å². The van der Waals surface area contributed by atoms with Crippen molar-refractivity contribution in [3.63, 3.8) is 0 Å². The second-order valence-corrected chi connectivity index (χ2v) is 7.72. The number of methoxy groups -OCH3 is 1. The van der Waals surface area contributed by atoms with Crippen LogP contribution in [0, 0.1) is 6.92 Å². The van der Waals surface area contributed by atoms with Crippen molar-refractivity contribution < 1.29 is 4.74 Å². The second kappa shape index (κ2) is 8.84. The number of aryl methyl sites for hydroxylation is 1. The van der Waals surface area contributed by atoms with Crippen molar-refractivity contribution in [2.45, 2.75) is 13.3 Å². The third kappa shape index (κ3) is 4.78. The molecule has 0 atom stereocenters. The second-order valence-electron chi connectivity index (χ2n) is 6.66. The standard InChI is InChI=1S/C23H22N4OS/c1-16-25-22(15-29-16)19-5-3-17(4-6-19)13-14-24-23-12-11-21(26-27-23)18-7-9-20(28-2)10-8-18/h3-12,15H,13-14H2,1-2H3,(H,24,27). The fourth-order valence-electron chi connectivity index (χ4n) is 3.02. The van der Waals surface area contributed by atoms with E-state index < -0.39 is 0 Å². The Bertz CT molecular complexity index is 1060. The van der Waals surface area contributed by atoms with Gasteiger partial charge in [0.1, 0.15) is 11.6 Å². The van der Waals surface area contributed by atoms with Crippen molar-refractivity contribution in [3.8, 4) is 28.3 Å². The van der Waals surface area contributed by atoms with Gasteiger partial charge in [-0.2, -0.15) is 0 Å². The summed E-state index contributed by atoms with van der Waals surface area (Å²) in [5.41, 5.74) is 5.33. The first-order valence-electron chi connectivity index (χ1n) is 9.45. The van der Waals surface area contributed by atoms with Gasteiger partial charge in [0.15, 0.2) is 0 Å². The highest BCUT2D eigenvalue weighted by Crippen LogP contribution is 2.22. The van der Waals surface area contributed by atoms with Crippen molar-refractivity contribution in [2.75, 3.05) is 19.0 Å². The maximum atomic E-state index is 5.19. The molecule has 0 fully saturated rings. The highest BCUT2D eigenvalue weighted by atomic mass is 32.1. The van der Waals surface area contributed by atoms with Gasteiger partial charge in [-0.05, 0) is 55.3 Å². The molecule has 6 heteroatoms. The van der Waals surface area contributed by atoms with Crippen LogP contribution in [0.3, 0.4) is 0 Å². The van der Waals surface area contributed by atoms with Crippen molar-refractivity contribution in [1.29, 1.82) is 0 Å². The predicted molar refractivity (Wildman–Crippen MR) is 119 cm³/mol. The monoisotopic (exact) mass is 402 g/mol. The molecule has 0 amide bonds. The zero-order valence-electron chi connectivity index (χ0n) is 16.4. The molecule has 0 saturated heterocycles. The number of hydrogen-bond acceptors (Lipinski definition) is 6. The van der Waals surface area contributed by atoms with E-state index in [0.717, 1.165) is 52.1 Å². The highest BCUT2D eigenvalue weighted by molar-refractivity contribution is 7.09. The maximum Gasteiger partial charge on any atom is 0.148 e. The molecule has 0 saturated carbocycles. The summed E-state index contributed by atoms with van der Waals surface area (Å²) in [5.74, 6) is 1.60. The van der Waals surface area contributed by atoms with E-state index in [0.29, 0.717) is 0 Å². The highest BCUT2D eigenvalue weighted by Gasteiger charge is 2.04. The van der Waals surface area contributed by atoms with E-state index in [1.807, 2.05) is 43.3 Å². The molecule has 0 radical (unpaired) electrons. The molecule has 0 spiro atoms. The molecule has 0 aliphatic carbocycles. The lowest BCUT2D eigenvalue weighted by molar-refractivity contribution is 0.415. The van der Waals surface area contributed by atoms with Crippen LogP contribution >= 0.6 is 11.3 Å². The Morgan fingerprint density at radius 1 is 0.862 bits per heavy atom. The molecule has 0 aliphatic heterocycles. The van der Waals surface area contributed by atoms with Gasteiger partial charge in [0.2, 0.25) is 0 Å². The van der Waals surface area contributed by atoms with Gasteiger partial charge >= 0.3 is 0 Å². The van der Waals surface area contributed by atoms with Crippen molar-refractivity contribution >= 4 is 17.2 Å². The molecule has 2 heterocycles. The summed E-state index contributed by atoms with van der Waals surface area (Å²) >= 11 is 1.68. The third-order valence-corrected chi connectivity index (χ3v) is 5.41. The molecular formula is C23H22N4OS. The van der Waals surface area contributed by atoms with Crippen LogP contribution in [0.5, 0.6) is 5.75 Å². The molecule has 5 nitrogen and oxygen atoms in total. The van der Waals surface area contributed by atoms with E-state index in [-0.39, 0.29) is 0 Å². The molecule has 29 heavy (non-hydrogen) atoms. The first-order chi connectivity index (χ1) is 14.2. The Hall–Kier alpha value is -3.25. The number of nitrogens with one attached hydrogen (secondary N) is 1. The summed E-state index contributed by atoms with van der Waals surface area (Å²) in [6.07, 6.45) is 0.915. The summed E-state index contributed by atoms with van der Waals surface area (Å²) in [6.45, 7) is 2.83. The van der Waals surface area contributed by atoms with E-state index in [1.165, 1.54) is 5.56 Å². The quantitative estimate of drug-likeness (QED) is 0.458. The molecule has 2 aromatic heterocycles. The van der Waals surface area contributed by atoms with Crippen LogP contribution in [0.1, 0.15) is 10.6 Å². The molecule has 0 aliphatic rings. The van der Waals surface area contributed by atoms with Gasteiger partial charge < -0.3 is 10.1 Å². The first-order valence-corrected chi connectivity index (χ1v) is 10.3. The predicted octanol–water partition coefficient (Wildman–Crippen LogP) is 5.24. The van der Waals surface area contributed by atoms with Crippen molar-refractivity contribution in [3.05, 3.63) is 76.6 Å². The van der Waals surface area contributed by atoms with Gasteiger partial charge in [0.25, 0.3) is 0 Å².